The minimum Gasteiger partial charge on any atom is -0.358 e. The Bertz CT molecular complexity index is 510. The fourth-order valence-corrected chi connectivity index (χ4v) is 1.55. The molecule has 2 aromatic rings. The fraction of sp³-hybridized carbons (Fsp3) is 0. The average Bonchev–Trinajstić information content (AvgIpc) is 2.39. The van der Waals surface area contributed by atoms with Crippen LogP contribution in [-0.2, 0) is 20.4 Å². The van der Waals surface area contributed by atoms with Crippen molar-refractivity contribution in [2.45, 2.75) is 0 Å². The van der Waals surface area contributed by atoms with Gasteiger partial charge in [0.1, 0.15) is 0 Å². The maximum Gasteiger partial charge on any atom is 0.0631 e. The van der Waals surface area contributed by atoms with Gasteiger partial charge in [-0.3, -0.25) is 9.98 Å². The van der Waals surface area contributed by atoms with Gasteiger partial charge in [-0.25, -0.2) is 0 Å². The van der Waals surface area contributed by atoms with Gasteiger partial charge in [0, 0.05) is 42.9 Å². The van der Waals surface area contributed by atoms with Gasteiger partial charge in [0.05, 0.1) is 11.4 Å². The molecule has 0 spiro atoms. The van der Waals surface area contributed by atoms with E-state index in [9.17, 15) is 0 Å². The summed E-state index contributed by atoms with van der Waals surface area (Å²) in [6.07, 6.45) is 3.27. The number of halogens is 2. The Morgan fingerprint density at radius 1 is 0.650 bits per heavy atom. The molecule has 2 rings (SSSR count). The largest absolute Gasteiger partial charge is 0.358 e. The Balaban J connectivity index is 0.00000180. The van der Waals surface area contributed by atoms with Gasteiger partial charge in [-0.15, -0.1) is 0 Å². The van der Waals surface area contributed by atoms with Crippen molar-refractivity contribution >= 4 is 47.0 Å². The van der Waals surface area contributed by atoms with Crippen LogP contribution in [0.5, 0.6) is 0 Å². The first-order valence-electron chi connectivity index (χ1n) is 5.32. The van der Waals surface area contributed by atoms with Crippen LogP contribution in [0.25, 0.3) is 0 Å². The number of nitrogens with zero attached hydrogens (tertiary/aromatic N) is 2. The Hall–Kier alpha value is -0.978. The summed E-state index contributed by atoms with van der Waals surface area (Å²) >= 11 is 11.6. The molecule has 5 heteroatoms. The van der Waals surface area contributed by atoms with Crippen molar-refractivity contribution in [3.05, 3.63) is 66.0 Å². The van der Waals surface area contributed by atoms with Crippen LogP contribution in [0, 0.1) is 7.43 Å². The van der Waals surface area contributed by atoms with Crippen LogP contribution in [0.2, 0.25) is 10.0 Å². The van der Waals surface area contributed by atoms with E-state index in [1.165, 1.54) is 0 Å². The van der Waals surface area contributed by atoms with Gasteiger partial charge in [0.15, 0.2) is 0 Å². The van der Waals surface area contributed by atoms with Crippen molar-refractivity contribution in [3.8, 4) is 0 Å². The van der Waals surface area contributed by atoms with E-state index in [-0.39, 0.29) is 27.8 Å². The summed E-state index contributed by atoms with van der Waals surface area (Å²) in [6, 6.07) is 14.6. The molecule has 0 bridgehead atoms. The SMILES string of the molecule is Clc1ccc(N=CC=Nc2ccc(Cl)cc2)cc1.[CH3-].[Pd]. The predicted octanol–water partition coefficient (Wildman–Crippen LogP) is 5.55. The van der Waals surface area contributed by atoms with E-state index in [0.29, 0.717) is 10.0 Å². The normalized spacial score (nSPS) is 10.3. The molecule has 0 aliphatic carbocycles. The summed E-state index contributed by atoms with van der Waals surface area (Å²) in [7, 11) is 0. The third-order valence-electron chi connectivity index (χ3n) is 2.17. The molecule has 0 N–H and O–H groups in total. The summed E-state index contributed by atoms with van der Waals surface area (Å²) in [5, 5.41) is 1.40. The maximum atomic E-state index is 5.78. The molecule has 108 valence electrons. The van der Waals surface area contributed by atoms with Crippen LogP contribution in [0.4, 0.5) is 11.4 Å². The summed E-state index contributed by atoms with van der Waals surface area (Å²) in [5.74, 6) is 0. The summed E-state index contributed by atoms with van der Waals surface area (Å²) < 4.78 is 0. The second-order valence-corrected chi connectivity index (χ2v) is 4.38. The summed E-state index contributed by atoms with van der Waals surface area (Å²) in [4.78, 5) is 8.44. The number of hydrogen-bond acceptors (Lipinski definition) is 2. The van der Waals surface area contributed by atoms with Gasteiger partial charge in [0.25, 0.3) is 0 Å². The third-order valence-corrected chi connectivity index (χ3v) is 2.67. The number of hydrogen-bond donors (Lipinski definition) is 0. The fourth-order valence-electron chi connectivity index (χ4n) is 1.29. The standard InChI is InChI=1S/C14H10Cl2N2.CH3.Pd/c15-11-1-5-13(6-2-11)17-9-10-18-14-7-3-12(16)4-8-14;;/h1-10H;1H3;/q;-1;. The molecule has 0 aliphatic rings. The molecule has 0 aliphatic heterocycles. The average molecular weight is 399 g/mol. The Kier molecular flexibility index (Phi) is 9.37. The molecule has 0 aromatic heterocycles. The predicted molar refractivity (Wildman–Crippen MR) is 85.6 cm³/mol. The van der Waals surface area contributed by atoms with Crippen LogP contribution < -0.4 is 0 Å². The quantitative estimate of drug-likeness (QED) is 0.368. The van der Waals surface area contributed by atoms with Gasteiger partial charge >= 0.3 is 0 Å². The van der Waals surface area contributed by atoms with Crippen LogP contribution in [0.15, 0.2) is 58.5 Å². The van der Waals surface area contributed by atoms with Crippen molar-refractivity contribution in [1.82, 2.24) is 0 Å². The van der Waals surface area contributed by atoms with E-state index >= 15 is 0 Å². The minimum absolute atomic E-state index is 0. The first kappa shape index (κ1) is 19.0. The van der Waals surface area contributed by atoms with E-state index in [2.05, 4.69) is 9.98 Å². The van der Waals surface area contributed by atoms with E-state index in [1.54, 1.807) is 36.7 Å². The molecule has 2 aromatic carbocycles. The smallest absolute Gasteiger partial charge is 0.0631 e. The van der Waals surface area contributed by atoms with Gasteiger partial charge in [-0.05, 0) is 48.5 Å². The number of benzene rings is 2. The van der Waals surface area contributed by atoms with Crippen molar-refractivity contribution < 1.29 is 20.4 Å². The van der Waals surface area contributed by atoms with Gasteiger partial charge in [0.2, 0.25) is 0 Å². The first-order chi connectivity index (χ1) is 8.74. The number of aliphatic imine (C=N–C) groups is 2. The topological polar surface area (TPSA) is 24.7 Å². The maximum absolute atomic E-state index is 5.78. The van der Waals surface area contributed by atoms with E-state index < -0.39 is 0 Å². The molecular weight excluding hydrogens is 386 g/mol. The third kappa shape index (κ3) is 6.45. The first-order valence-corrected chi connectivity index (χ1v) is 6.07. The Morgan fingerprint density at radius 3 is 1.25 bits per heavy atom. The van der Waals surface area contributed by atoms with Crippen LogP contribution in [0.3, 0.4) is 0 Å². The zero-order valence-corrected chi connectivity index (χ0v) is 13.8. The molecule has 0 unspecified atom stereocenters. The molecule has 20 heavy (non-hydrogen) atoms. The molecule has 0 saturated heterocycles. The zero-order valence-electron chi connectivity index (χ0n) is 10.7. The Morgan fingerprint density at radius 2 is 0.950 bits per heavy atom. The number of rotatable bonds is 3. The van der Waals surface area contributed by atoms with Crippen LogP contribution in [0.1, 0.15) is 0 Å². The van der Waals surface area contributed by atoms with Gasteiger partial charge in [-0.2, -0.15) is 0 Å². The van der Waals surface area contributed by atoms with Crippen molar-refractivity contribution in [2.24, 2.45) is 9.98 Å². The molecule has 0 atom stereocenters. The second-order valence-electron chi connectivity index (χ2n) is 3.51. The molecule has 2 nitrogen and oxygen atoms in total. The van der Waals surface area contributed by atoms with E-state index in [1.807, 2.05) is 24.3 Å². The molecular formula is C15H13Cl2N2Pd-. The monoisotopic (exact) mass is 397 g/mol. The van der Waals surface area contributed by atoms with Crippen LogP contribution in [-0.4, -0.2) is 12.4 Å². The van der Waals surface area contributed by atoms with E-state index in [0.717, 1.165) is 11.4 Å². The molecule has 0 radical (unpaired) electrons. The minimum atomic E-state index is 0. The van der Waals surface area contributed by atoms with Crippen molar-refractivity contribution in [1.29, 1.82) is 0 Å². The van der Waals surface area contributed by atoms with Gasteiger partial charge < -0.3 is 7.43 Å². The zero-order chi connectivity index (χ0) is 12.8. The summed E-state index contributed by atoms with van der Waals surface area (Å²) in [5.41, 5.74) is 1.67. The summed E-state index contributed by atoms with van der Waals surface area (Å²) in [6.45, 7) is 0. The Labute approximate surface area is 143 Å². The molecule has 0 amide bonds. The molecule has 0 saturated carbocycles. The van der Waals surface area contributed by atoms with E-state index in [4.69, 9.17) is 23.2 Å². The van der Waals surface area contributed by atoms with Crippen LogP contribution >= 0.6 is 23.2 Å². The second kappa shape index (κ2) is 9.85. The van der Waals surface area contributed by atoms with Gasteiger partial charge in [-0.1, -0.05) is 23.2 Å². The molecule has 0 fully saturated rings. The molecule has 0 heterocycles. The van der Waals surface area contributed by atoms with Crippen molar-refractivity contribution in [2.75, 3.05) is 0 Å². The van der Waals surface area contributed by atoms with Crippen molar-refractivity contribution in [3.63, 3.8) is 0 Å².